The molecule has 0 aliphatic rings. The van der Waals surface area contributed by atoms with E-state index in [1.54, 1.807) is 0 Å². The fourth-order valence-corrected chi connectivity index (χ4v) is 0.593. The van der Waals surface area contributed by atoms with Gasteiger partial charge in [0.2, 0.25) is 0 Å². The number of rotatable bonds is 3. The van der Waals surface area contributed by atoms with Crippen molar-refractivity contribution in [2.75, 3.05) is 13.2 Å². The Hall–Kier alpha value is 0.420. The van der Waals surface area contributed by atoms with Crippen molar-refractivity contribution in [3.8, 4) is 0 Å². The minimum atomic E-state index is 0.0923. The van der Waals surface area contributed by atoms with Gasteiger partial charge in [-0.2, -0.15) is 0 Å². The average Bonchev–Trinajstić information content (AvgIpc) is 1.80. The van der Waals surface area contributed by atoms with Crippen molar-refractivity contribution in [1.82, 2.24) is 0 Å². The summed E-state index contributed by atoms with van der Waals surface area (Å²) in [5, 5.41) is 8.44. The predicted octanol–water partition coefficient (Wildman–Crippen LogP) is 0.340. The van der Waals surface area contributed by atoms with Gasteiger partial charge in [0.15, 0.2) is 0 Å². The van der Waals surface area contributed by atoms with Crippen molar-refractivity contribution in [1.29, 1.82) is 0 Å². The molecule has 0 aromatic rings. The Morgan fingerprint density at radius 2 is 2.00 bits per heavy atom. The first-order valence-corrected chi connectivity index (χ1v) is 4.43. The molecule has 0 rings (SSSR count). The van der Waals surface area contributed by atoms with Crippen LogP contribution in [-0.2, 0) is 4.74 Å². The number of hydrogen-bond donors (Lipinski definition) is 1. The van der Waals surface area contributed by atoms with Crippen LogP contribution in [0.15, 0.2) is 0 Å². The maximum absolute atomic E-state index is 8.44. The van der Waals surface area contributed by atoms with Gasteiger partial charge in [-0.1, -0.05) is 0 Å². The molecule has 1 N–H and O–H groups in total. The Morgan fingerprint density at radius 3 is 2.30 bits per heavy atom. The number of ether oxygens (including phenoxy) is 1. The molecule has 0 aromatic heterocycles. The molecule has 0 saturated carbocycles. The third kappa shape index (κ3) is 4.27. The van der Waals surface area contributed by atoms with Crippen LogP contribution >= 0.6 is 0 Å². The van der Waals surface area contributed by atoms with Crippen molar-refractivity contribution in [3.05, 3.63) is 0 Å². The predicted molar refractivity (Wildman–Crippen MR) is 43.3 cm³/mol. The van der Waals surface area contributed by atoms with Crippen LogP contribution in [0, 0.1) is 5.41 Å². The molecule has 0 aromatic carbocycles. The zero-order chi connectivity index (χ0) is 8.20. The molecule has 0 bridgehead atoms. The van der Waals surface area contributed by atoms with E-state index >= 15 is 0 Å². The summed E-state index contributed by atoms with van der Waals surface area (Å²) in [5.74, 6) is 0. The number of aliphatic hydroxyl groups excluding tert-OH is 1. The van der Waals surface area contributed by atoms with E-state index in [-0.39, 0.29) is 12.0 Å². The molecule has 10 heavy (non-hydrogen) atoms. The van der Waals surface area contributed by atoms with E-state index < -0.39 is 0 Å². The van der Waals surface area contributed by atoms with Crippen LogP contribution in [0.1, 0.15) is 20.8 Å². The van der Waals surface area contributed by atoms with Gasteiger partial charge >= 0.3 is 74.8 Å². The van der Waals surface area contributed by atoms with Crippen LogP contribution < -0.4 is 0 Å². The standard InChI is InChI=1S/C7H14O2Te/c1-7(2,3)6(10)9-5-4-8/h8H,4-5H2,1-3H3. The summed E-state index contributed by atoms with van der Waals surface area (Å²) < 4.78 is 6.21. The summed E-state index contributed by atoms with van der Waals surface area (Å²) in [7, 11) is 0. The molecule has 0 heterocycles. The van der Waals surface area contributed by atoms with Crippen molar-refractivity contribution < 1.29 is 9.84 Å². The monoisotopic (exact) mass is 260 g/mol. The zero-order valence-corrected chi connectivity index (χ0v) is 9.01. The first-order chi connectivity index (χ1) is 4.48. The topological polar surface area (TPSA) is 29.5 Å². The van der Waals surface area contributed by atoms with E-state index in [2.05, 4.69) is 20.8 Å². The number of hydrogen-bond acceptors (Lipinski definition) is 2. The van der Waals surface area contributed by atoms with Gasteiger partial charge < -0.3 is 0 Å². The van der Waals surface area contributed by atoms with Gasteiger partial charge in [-0.3, -0.25) is 0 Å². The van der Waals surface area contributed by atoms with Crippen molar-refractivity contribution >= 4 is 25.6 Å². The van der Waals surface area contributed by atoms with Crippen LogP contribution in [0.25, 0.3) is 0 Å². The molecule has 2 nitrogen and oxygen atoms in total. The van der Waals surface area contributed by atoms with Gasteiger partial charge in [0.25, 0.3) is 0 Å². The Kier molecular flexibility index (Phi) is 4.51. The second kappa shape index (κ2) is 4.33. The van der Waals surface area contributed by atoms with Crippen LogP contribution in [0.4, 0.5) is 0 Å². The van der Waals surface area contributed by atoms with Crippen LogP contribution in [0.2, 0.25) is 0 Å². The SMILES string of the molecule is CC(C)(C)C(=[Te])OCCO. The summed E-state index contributed by atoms with van der Waals surface area (Å²) >= 11 is 1.87. The fourth-order valence-electron chi connectivity index (χ4n) is 0.355. The normalized spacial score (nSPS) is 11.2. The summed E-state index contributed by atoms with van der Waals surface area (Å²) in [4.78, 5) is 0. The van der Waals surface area contributed by atoms with Gasteiger partial charge in [0.05, 0.1) is 0 Å². The molecule has 60 valence electrons. The summed E-state index contributed by atoms with van der Waals surface area (Å²) in [6.45, 7) is 6.76. The molecule has 0 fully saturated rings. The van der Waals surface area contributed by atoms with Gasteiger partial charge in [-0.25, -0.2) is 0 Å². The van der Waals surface area contributed by atoms with Crippen molar-refractivity contribution in [2.24, 2.45) is 5.41 Å². The van der Waals surface area contributed by atoms with Crippen LogP contribution in [0.5, 0.6) is 0 Å². The molecule has 0 spiro atoms. The second-order valence-corrected chi connectivity index (χ2v) is 4.17. The molecular weight excluding hydrogens is 244 g/mol. The molecule has 0 atom stereocenters. The van der Waals surface area contributed by atoms with Crippen molar-refractivity contribution in [2.45, 2.75) is 20.8 Å². The Bertz CT molecular complexity index is 115. The first kappa shape index (κ1) is 10.4. The van der Waals surface area contributed by atoms with Crippen molar-refractivity contribution in [3.63, 3.8) is 0 Å². The van der Waals surface area contributed by atoms with Crippen LogP contribution in [0.3, 0.4) is 0 Å². The average molecular weight is 258 g/mol. The Morgan fingerprint density at radius 1 is 1.50 bits per heavy atom. The Labute approximate surface area is 75.0 Å². The maximum atomic E-state index is 8.44. The first-order valence-electron chi connectivity index (χ1n) is 3.26. The van der Waals surface area contributed by atoms with E-state index in [1.807, 2.05) is 21.8 Å². The van der Waals surface area contributed by atoms with Gasteiger partial charge in [-0.15, -0.1) is 0 Å². The fraction of sp³-hybridized carbons (Fsp3) is 0.857. The molecule has 0 saturated heterocycles. The van der Waals surface area contributed by atoms with E-state index in [9.17, 15) is 0 Å². The molecule has 0 unspecified atom stereocenters. The summed E-state index contributed by atoms with van der Waals surface area (Å²) in [6.07, 6.45) is 0. The van der Waals surface area contributed by atoms with E-state index in [0.29, 0.717) is 6.61 Å². The van der Waals surface area contributed by atoms with E-state index in [0.717, 1.165) is 3.74 Å². The van der Waals surface area contributed by atoms with Gasteiger partial charge in [0, 0.05) is 0 Å². The van der Waals surface area contributed by atoms with E-state index in [4.69, 9.17) is 9.84 Å². The molecule has 0 radical (unpaired) electrons. The zero-order valence-electron chi connectivity index (χ0n) is 6.68. The summed E-state index contributed by atoms with van der Waals surface area (Å²) in [5.41, 5.74) is 0.0969. The third-order valence-corrected chi connectivity index (χ3v) is 3.02. The van der Waals surface area contributed by atoms with Crippen LogP contribution in [-0.4, -0.2) is 43.9 Å². The quantitative estimate of drug-likeness (QED) is 0.739. The third-order valence-electron chi connectivity index (χ3n) is 0.937. The van der Waals surface area contributed by atoms with Gasteiger partial charge in [-0.05, 0) is 0 Å². The molecule has 3 heteroatoms. The molecule has 0 aliphatic heterocycles. The summed E-state index contributed by atoms with van der Waals surface area (Å²) in [6, 6.07) is 0. The minimum absolute atomic E-state index is 0.0923. The van der Waals surface area contributed by atoms with E-state index in [1.165, 1.54) is 0 Å². The second-order valence-electron chi connectivity index (χ2n) is 3.11. The molecular formula is C7H14O2Te. The molecule has 0 aliphatic carbocycles. The number of aliphatic hydroxyl groups is 1. The van der Waals surface area contributed by atoms with Gasteiger partial charge in [0.1, 0.15) is 0 Å². The molecule has 0 amide bonds. The Balaban J connectivity index is 3.64.